The lowest BCUT2D eigenvalue weighted by molar-refractivity contribution is 0.530. The van der Waals surface area contributed by atoms with Gasteiger partial charge in [-0.25, -0.2) is 0 Å². The van der Waals surface area contributed by atoms with E-state index in [9.17, 15) is 0 Å². The second-order valence-electron chi connectivity index (χ2n) is 4.19. The van der Waals surface area contributed by atoms with Crippen molar-refractivity contribution in [2.75, 3.05) is 6.54 Å². The monoisotopic (exact) mass is 246 g/mol. The van der Waals surface area contributed by atoms with Crippen LogP contribution in [0.3, 0.4) is 0 Å². The molecule has 0 saturated carbocycles. The number of rotatable bonds is 5. The van der Waals surface area contributed by atoms with E-state index in [1.807, 2.05) is 19.2 Å². The van der Waals surface area contributed by atoms with Crippen LogP contribution >= 0.6 is 0 Å². The molecule has 1 atom stereocenters. The Morgan fingerprint density at radius 2 is 2.28 bits per heavy atom. The SMILES string of the molecule is CCNC(Cc1nnn(C)n1)c1cccnc1C. The zero-order chi connectivity index (χ0) is 13.0. The second kappa shape index (κ2) is 5.68. The number of hydrogen-bond acceptors (Lipinski definition) is 5. The van der Waals surface area contributed by atoms with Crippen molar-refractivity contribution in [2.45, 2.75) is 26.3 Å². The number of likely N-dealkylation sites (N-methyl/N-ethyl adjacent to an activating group) is 1. The molecule has 96 valence electrons. The molecule has 0 spiro atoms. The molecule has 0 amide bonds. The van der Waals surface area contributed by atoms with Crippen molar-refractivity contribution in [3.05, 3.63) is 35.4 Å². The number of tetrazole rings is 1. The molecule has 6 heteroatoms. The fraction of sp³-hybridized carbons (Fsp3) is 0.500. The molecule has 1 N–H and O–H groups in total. The van der Waals surface area contributed by atoms with Gasteiger partial charge in [-0.2, -0.15) is 4.80 Å². The van der Waals surface area contributed by atoms with Crippen LogP contribution in [0.2, 0.25) is 0 Å². The van der Waals surface area contributed by atoms with E-state index in [2.05, 4.69) is 38.7 Å². The summed E-state index contributed by atoms with van der Waals surface area (Å²) in [4.78, 5) is 5.81. The molecule has 0 aliphatic carbocycles. The zero-order valence-electron chi connectivity index (χ0n) is 11.0. The fourth-order valence-corrected chi connectivity index (χ4v) is 1.99. The van der Waals surface area contributed by atoms with Gasteiger partial charge in [0.25, 0.3) is 0 Å². The highest BCUT2D eigenvalue weighted by Gasteiger charge is 2.16. The number of hydrogen-bond donors (Lipinski definition) is 1. The van der Waals surface area contributed by atoms with E-state index in [0.29, 0.717) is 6.42 Å². The third-order valence-electron chi connectivity index (χ3n) is 2.81. The van der Waals surface area contributed by atoms with Crippen LogP contribution in [0.1, 0.15) is 30.0 Å². The Hall–Kier alpha value is -1.82. The number of pyridine rings is 1. The van der Waals surface area contributed by atoms with Gasteiger partial charge in [0, 0.05) is 24.4 Å². The number of nitrogens with zero attached hydrogens (tertiary/aromatic N) is 5. The molecule has 0 bridgehead atoms. The summed E-state index contributed by atoms with van der Waals surface area (Å²) in [6.07, 6.45) is 2.52. The first-order valence-electron chi connectivity index (χ1n) is 6.08. The van der Waals surface area contributed by atoms with Gasteiger partial charge in [0.1, 0.15) is 0 Å². The summed E-state index contributed by atoms with van der Waals surface area (Å²) in [6, 6.07) is 4.22. The summed E-state index contributed by atoms with van der Waals surface area (Å²) in [5.74, 6) is 0.742. The average molecular weight is 246 g/mol. The molecular formula is C12H18N6. The van der Waals surface area contributed by atoms with Crippen molar-refractivity contribution in [3.63, 3.8) is 0 Å². The van der Waals surface area contributed by atoms with Gasteiger partial charge in [0.2, 0.25) is 0 Å². The fourth-order valence-electron chi connectivity index (χ4n) is 1.99. The topological polar surface area (TPSA) is 68.5 Å². The molecule has 2 aromatic rings. The van der Waals surface area contributed by atoms with E-state index in [0.717, 1.165) is 18.1 Å². The van der Waals surface area contributed by atoms with Crippen LogP contribution in [-0.4, -0.2) is 31.7 Å². The Morgan fingerprint density at radius 3 is 2.89 bits per heavy atom. The van der Waals surface area contributed by atoms with E-state index in [-0.39, 0.29) is 6.04 Å². The maximum absolute atomic E-state index is 4.33. The molecule has 0 radical (unpaired) electrons. The van der Waals surface area contributed by atoms with Crippen molar-refractivity contribution < 1.29 is 0 Å². The Labute approximate surface area is 106 Å². The van der Waals surface area contributed by atoms with Gasteiger partial charge in [-0.05, 0) is 30.3 Å². The van der Waals surface area contributed by atoms with Crippen molar-refractivity contribution in [3.8, 4) is 0 Å². The molecule has 0 aromatic carbocycles. The molecule has 2 heterocycles. The van der Waals surface area contributed by atoms with E-state index in [4.69, 9.17) is 0 Å². The van der Waals surface area contributed by atoms with Crippen molar-refractivity contribution in [1.82, 2.24) is 30.5 Å². The van der Waals surface area contributed by atoms with Crippen LogP contribution < -0.4 is 5.32 Å². The molecule has 6 nitrogen and oxygen atoms in total. The van der Waals surface area contributed by atoms with Gasteiger partial charge >= 0.3 is 0 Å². The van der Waals surface area contributed by atoms with E-state index in [1.165, 1.54) is 10.4 Å². The molecule has 0 aliphatic rings. The van der Waals surface area contributed by atoms with Crippen LogP contribution in [0, 0.1) is 6.92 Å². The lowest BCUT2D eigenvalue weighted by Crippen LogP contribution is -2.24. The third kappa shape index (κ3) is 2.89. The van der Waals surface area contributed by atoms with Crippen LogP contribution in [0.4, 0.5) is 0 Å². The predicted molar refractivity (Wildman–Crippen MR) is 67.9 cm³/mol. The molecule has 0 aliphatic heterocycles. The van der Waals surface area contributed by atoms with Gasteiger partial charge in [0.15, 0.2) is 5.82 Å². The predicted octanol–water partition coefficient (Wildman–Crippen LogP) is 0.807. The largest absolute Gasteiger partial charge is 0.310 e. The first-order chi connectivity index (χ1) is 8.70. The van der Waals surface area contributed by atoms with Gasteiger partial charge in [-0.3, -0.25) is 4.98 Å². The highest BCUT2D eigenvalue weighted by atomic mass is 15.6. The molecule has 1 unspecified atom stereocenters. The minimum absolute atomic E-state index is 0.174. The second-order valence-corrected chi connectivity index (χ2v) is 4.19. The van der Waals surface area contributed by atoms with Crippen molar-refractivity contribution >= 4 is 0 Å². The van der Waals surface area contributed by atoms with Crippen LogP contribution in [0.25, 0.3) is 0 Å². The molecule has 0 fully saturated rings. The number of nitrogens with one attached hydrogen (secondary N) is 1. The molecular weight excluding hydrogens is 228 g/mol. The van der Waals surface area contributed by atoms with Crippen molar-refractivity contribution in [1.29, 1.82) is 0 Å². The molecule has 2 aromatic heterocycles. The summed E-state index contributed by atoms with van der Waals surface area (Å²) < 4.78 is 0. The summed E-state index contributed by atoms with van der Waals surface area (Å²) >= 11 is 0. The maximum Gasteiger partial charge on any atom is 0.176 e. The number of aromatic nitrogens is 5. The first kappa shape index (κ1) is 12.6. The lowest BCUT2D eigenvalue weighted by atomic mass is 10.0. The molecule has 0 saturated heterocycles. The van der Waals surface area contributed by atoms with E-state index >= 15 is 0 Å². The zero-order valence-corrected chi connectivity index (χ0v) is 11.0. The van der Waals surface area contributed by atoms with E-state index in [1.54, 1.807) is 7.05 Å². The van der Waals surface area contributed by atoms with Gasteiger partial charge in [-0.15, -0.1) is 10.2 Å². The summed E-state index contributed by atoms with van der Waals surface area (Å²) in [7, 11) is 1.77. The molecule has 2 rings (SSSR count). The Balaban J connectivity index is 2.20. The smallest absolute Gasteiger partial charge is 0.176 e. The third-order valence-corrected chi connectivity index (χ3v) is 2.81. The summed E-state index contributed by atoms with van der Waals surface area (Å²) in [6.45, 7) is 4.99. The van der Waals surface area contributed by atoms with Gasteiger partial charge in [0.05, 0.1) is 7.05 Å². The highest BCUT2D eigenvalue weighted by molar-refractivity contribution is 5.23. The number of aryl methyl sites for hydroxylation is 2. The lowest BCUT2D eigenvalue weighted by Gasteiger charge is -2.18. The minimum Gasteiger partial charge on any atom is -0.310 e. The van der Waals surface area contributed by atoms with E-state index < -0.39 is 0 Å². The molecule has 18 heavy (non-hydrogen) atoms. The quantitative estimate of drug-likeness (QED) is 0.845. The minimum atomic E-state index is 0.174. The van der Waals surface area contributed by atoms with Crippen molar-refractivity contribution in [2.24, 2.45) is 7.05 Å². The first-order valence-corrected chi connectivity index (χ1v) is 6.08. The van der Waals surface area contributed by atoms with Gasteiger partial charge in [-0.1, -0.05) is 13.0 Å². The summed E-state index contributed by atoms with van der Waals surface area (Å²) in [5, 5.41) is 15.6. The van der Waals surface area contributed by atoms with Gasteiger partial charge < -0.3 is 5.32 Å². The van der Waals surface area contributed by atoms with Crippen LogP contribution in [-0.2, 0) is 13.5 Å². The Kier molecular flexibility index (Phi) is 3.99. The normalized spacial score (nSPS) is 12.6. The average Bonchev–Trinajstić information content (AvgIpc) is 2.75. The summed E-state index contributed by atoms with van der Waals surface area (Å²) in [5.41, 5.74) is 2.22. The Bertz CT molecular complexity index is 507. The highest BCUT2D eigenvalue weighted by Crippen LogP contribution is 2.18. The Morgan fingerprint density at radius 1 is 1.44 bits per heavy atom. The van der Waals surface area contributed by atoms with Crippen LogP contribution in [0.5, 0.6) is 0 Å². The maximum atomic E-state index is 4.33. The van der Waals surface area contributed by atoms with Crippen LogP contribution in [0.15, 0.2) is 18.3 Å². The standard InChI is InChI=1S/C12H18N6/c1-4-13-11(8-12-15-17-18(3)16-12)10-6-5-7-14-9(10)2/h5-7,11,13H,4,8H2,1-3H3.